The normalized spacial score (nSPS) is 15.8. The average Bonchev–Trinajstić information content (AvgIpc) is 2.73. The Morgan fingerprint density at radius 2 is 1.71 bits per heavy atom. The summed E-state index contributed by atoms with van der Waals surface area (Å²) in [6, 6.07) is 15.4. The molecule has 1 aliphatic rings. The van der Waals surface area contributed by atoms with Crippen LogP contribution in [-0.4, -0.2) is 51.2 Å². The van der Waals surface area contributed by atoms with Crippen LogP contribution in [0.4, 0.5) is 0 Å². The zero-order valence-electron chi connectivity index (χ0n) is 19.7. The molecule has 1 heterocycles. The van der Waals surface area contributed by atoms with Crippen LogP contribution in [0.3, 0.4) is 0 Å². The number of hydrogen-bond donors (Lipinski definition) is 1. The number of nitrogens with zero attached hydrogens (tertiary/aromatic N) is 1. The van der Waals surface area contributed by atoms with Gasteiger partial charge in [0, 0.05) is 19.8 Å². The highest BCUT2D eigenvalue weighted by atomic mass is 16.5. The van der Waals surface area contributed by atoms with E-state index in [4.69, 9.17) is 4.74 Å². The molecular formula is C27H38N2O2. The molecule has 1 amide bonds. The molecule has 0 saturated carbocycles. The highest BCUT2D eigenvalue weighted by Crippen LogP contribution is 2.36. The van der Waals surface area contributed by atoms with Gasteiger partial charge in [-0.1, -0.05) is 53.6 Å². The average molecular weight is 423 g/mol. The molecule has 1 saturated heterocycles. The van der Waals surface area contributed by atoms with Crippen molar-refractivity contribution in [2.75, 3.05) is 40.4 Å². The lowest BCUT2D eigenvalue weighted by atomic mass is 9.74. The molecule has 4 heteroatoms. The lowest BCUT2D eigenvalue weighted by Gasteiger charge is -2.36. The maximum atomic E-state index is 13.3. The van der Waals surface area contributed by atoms with Gasteiger partial charge in [0.1, 0.15) is 0 Å². The van der Waals surface area contributed by atoms with Crippen LogP contribution in [0.15, 0.2) is 42.5 Å². The minimum absolute atomic E-state index is 0.192. The van der Waals surface area contributed by atoms with E-state index < -0.39 is 0 Å². The van der Waals surface area contributed by atoms with E-state index in [-0.39, 0.29) is 11.3 Å². The van der Waals surface area contributed by atoms with E-state index >= 15 is 0 Å². The topological polar surface area (TPSA) is 41.6 Å². The quantitative estimate of drug-likeness (QED) is 0.592. The lowest BCUT2D eigenvalue weighted by Crippen LogP contribution is -2.46. The zero-order chi connectivity index (χ0) is 22.3. The van der Waals surface area contributed by atoms with Crippen LogP contribution in [0.5, 0.6) is 0 Å². The number of amides is 1. The molecule has 3 rings (SSSR count). The van der Waals surface area contributed by atoms with Crippen LogP contribution >= 0.6 is 0 Å². The number of aryl methyl sites for hydroxylation is 2. The maximum absolute atomic E-state index is 13.3. The Hall–Kier alpha value is -2.17. The maximum Gasteiger partial charge on any atom is 0.226 e. The third-order valence-corrected chi connectivity index (χ3v) is 6.27. The molecule has 1 fully saturated rings. The summed E-state index contributed by atoms with van der Waals surface area (Å²) in [6.07, 6.45) is 4.44. The van der Waals surface area contributed by atoms with Crippen molar-refractivity contribution in [3.8, 4) is 11.1 Å². The molecule has 0 bridgehead atoms. The molecule has 31 heavy (non-hydrogen) atoms. The van der Waals surface area contributed by atoms with Gasteiger partial charge in [0.15, 0.2) is 0 Å². The molecule has 0 radical (unpaired) electrons. The standard InChI is InChI=1S/C27H38N2O2/c1-21-16-22(2)18-25(17-21)24-9-7-8-23(19-24)20-27(10-14-31-15-11-27)26(30)28-12-5-6-13-29(3)4/h7-9,16-19H,5-6,10-15,20H2,1-4H3,(H,28,30). The van der Waals surface area contributed by atoms with Crippen molar-refractivity contribution < 1.29 is 9.53 Å². The highest BCUT2D eigenvalue weighted by molar-refractivity contribution is 5.83. The number of benzene rings is 2. The van der Waals surface area contributed by atoms with E-state index in [0.29, 0.717) is 13.2 Å². The summed E-state index contributed by atoms with van der Waals surface area (Å²) in [6.45, 7) is 7.40. The predicted octanol–water partition coefficient (Wildman–Crippen LogP) is 4.77. The van der Waals surface area contributed by atoms with Crippen molar-refractivity contribution in [1.29, 1.82) is 0 Å². The van der Waals surface area contributed by atoms with Crippen LogP contribution in [0.1, 0.15) is 42.4 Å². The van der Waals surface area contributed by atoms with Gasteiger partial charge in [-0.25, -0.2) is 0 Å². The Kier molecular flexibility index (Phi) is 8.28. The fraction of sp³-hybridized carbons (Fsp3) is 0.519. The first kappa shape index (κ1) is 23.5. The van der Waals surface area contributed by atoms with Crippen LogP contribution in [0.2, 0.25) is 0 Å². The number of unbranched alkanes of at least 4 members (excludes halogenated alkanes) is 1. The van der Waals surface area contributed by atoms with Gasteiger partial charge < -0.3 is 15.0 Å². The minimum atomic E-state index is -0.374. The molecule has 0 aliphatic carbocycles. The van der Waals surface area contributed by atoms with Crippen molar-refractivity contribution in [3.05, 3.63) is 59.2 Å². The van der Waals surface area contributed by atoms with Gasteiger partial charge in [-0.3, -0.25) is 4.79 Å². The molecule has 4 nitrogen and oxygen atoms in total. The summed E-state index contributed by atoms with van der Waals surface area (Å²) in [5, 5.41) is 3.24. The van der Waals surface area contributed by atoms with Crippen molar-refractivity contribution in [2.24, 2.45) is 5.41 Å². The fourth-order valence-electron chi connectivity index (χ4n) is 4.58. The second kappa shape index (κ2) is 10.9. The minimum Gasteiger partial charge on any atom is -0.381 e. The number of rotatable bonds is 9. The number of nitrogens with one attached hydrogen (secondary N) is 1. The van der Waals surface area contributed by atoms with Crippen LogP contribution in [0.25, 0.3) is 11.1 Å². The van der Waals surface area contributed by atoms with E-state index in [9.17, 15) is 4.79 Å². The second-order valence-corrected chi connectivity index (χ2v) is 9.41. The third-order valence-electron chi connectivity index (χ3n) is 6.27. The molecule has 0 atom stereocenters. The predicted molar refractivity (Wildman–Crippen MR) is 128 cm³/mol. The van der Waals surface area contributed by atoms with Gasteiger partial charge in [0.25, 0.3) is 0 Å². The van der Waals surface area contributed by atoms with E-state index in [2.05, 4.69) is 80.6 Å². The largest absolute Gasteiger partial charge is 0.381 e. The Balaban J connectivity index is 1.72. The van der Waals surface area contributed by atoms with Crippen molar-refractivity contribution in [1.82, 2.24) is 10.2 Å². The summed E-state index contributed by atoms with van der Waals surface area (Å²) in [4.78, 5) is 15.5. The summed E-state index contributed by atoms with van der Waals surface area (Å²) < 4.78 is 5.62. The van der Waals surface area contributed by atoms with E-state index in [0.717, 1.165) is 45.2 Å². The fourth-order valence-corrected chi connectivity index (χ4v) is 4.58. The number of carbonyl (C=O) groups excluding carboxylic acids is 1. The first-order valence-electron chi connectivity index (χ1n) is 11.6. The highest BCUT2D eigenvalue weighted by Gasteiger charge is 2.39. The van der Waals surface area contributed by atoms with Gasteiger partial charge in [-0.15, -0.1) is 0 Å². The van der Waals surface area contributed by atoms with Gasteiger partial charge in [0.2, 0.25) is 5.91 Å². The molecule has 1 aliphatic heterocycles. The van der Waals surface area contributed by atoms with Gasteiger partial charge in [0.05, 0.1) is 5.41 Å². The van der Waals surface area contributed by atoms with Crippen LogP contribution < -0.4 is 5.32 Å². The third kappa shape index (κ3) is 6.65. The molecule has 2 aromatic carbocycles. The molecule has 0 aromatic heterocycles. The second-order valence-electron chi connectivity index (χ2n) is 9.41. The Bertz CT molecular complexity index is 849. The van der Waals surface area contributed by atoms with Crippen molar-refractivity contribution in [3.63, 3.8) is 0 Å². The summed E-state index contributed by atoms with van der Waals surface area (Å²) in [7, 11) is 4.17. The molecule has 0 unspecified atom stereocenters. The summed E-state index contributed by atoms with van der Waals surface area (Å²) in [5.41, 5.74) is 5.86. The lowest BCUT2D eigenvalue weighted by molar-refractivity contribution is -0.136. The Morgan fingerprint density at radius 3 is 2.39 bits per heavy atom. The van der Waals surface area contributed by atoms with Gasteiger partial charge in [-0.2, -0.15) is 0 Å². The van der Waals surface area contributed by atoms with Crippen molar-refractivity contribution in [2.45, 2.75) is 46.0 Å². The van der Waals surface area contributed by atoms with Crippen molar-refractivity contribution >= 4 is 5.91 Å². The molecular weight excluding hydrogens is 384 g/mol. The Morgan fingerprint density at radius 1 is 1.00 bits per heavy atom. The molecule has 0 spiro atoms. The summed E-state index contributed by atoms with van der Waals surface area (Å²) >= 11 is 0. The van der Waals surface area contributed by atoms with E-state index in [1.807, 2.05) is 0 Å². The van der Waals surface area contributed by atoms with Gasteiger partial charge >= 0.3 is 0 Å². The SMILES string of the molecule is Cc1cc(C)cc(-c2cccc(CC3(C(=O)NCCCCN(C)C)CCOCC3)c2)c1. The number of ether oxygens (including phenoxy) is 1. The smallest absolute Gasteiger partial charge is 0.226 e. The number of hydrogen-bond acceptors (Lipinski definition) is 3. The van der Waals surface area contributed by atoms with Crippen LogP contribution in [0, 0.1) is 19.3 Å². The zero-order valence-corrected chi connectivity index (χ0v) is 19.7. The Labute approximate surface area is 188 Å². The summed E-state index contributed by atoms with van der Waals surface area (Å²) in [5.74, 6) is 0.192. The first-order chi connectivity index (χ1) is 14.9. The number of carbonyl (C=O) groups is 1. The van der Waals surface area contributed by atoms with E-state index in [1.165, 1.54) is 27.8 Å². The molecule has 1 N–H and O–H groups in total. The molecule has 168 valence electrons. The van der Waals surface area contributed by atoms with Gasteiger partial charge in [-0.05, 0) is 83.3 Å². The first-order valence-corrected chi connectivity index (χ1v) is 11.6. The monoisotopic (exact) mass is 422 g/mol. The van der Waals surface area contributed by atoms with Crippen LogP contribution in [-0.2, 0) is 16.0 Å². The van der Waals surface area contributed by atoms with E-state index in [1.54, 1.807) is 0 Å². The molecule has 2 aromatic rings.